The molecule has 0 N–H and O–H groups in total. The number of benzene rings is 1. The number of fused-ring (bicyclic) bond motifs is 1. The standard InChI is InChI=1S/C12H7FN2O2S/c13-7-1-2-9-10(3-7)15(12(17)11(9)16)5-8-4-14-6-18-8/h1-4,6H,5H2. The molecule has 0 bridgehead atoms. The van der Waals surface area contributed by atoms with E-state index < -0.39 is 17.5 Å². The molecular formula is C12H7FN2O2S. The highest BCUT2D eigenvalue weighted by Crippen LogP contribution is 2.31. The second-order valence-electron chi connectivity index (χ2n) is 3.85. The van der Waals surface area contributed by atoms with Crippen molar-refractivity contribution in [2.24, 2.45) is 0 Å². The number of nitrogens with zero attached hydrogens (tertiary/aromatic N) is 2. The third-order valence-corrected chi connectivity index (χ3v) is 3.50. The Labute approximate surface area is 106 Å². The molecule has 4 nitrogen and oxygen atoms in total. The van der Waals surface area contributed by atoms with Crippen LogP contribution in [0.2, 0.25) is 0 Å². The first kappa shape index (κ1) is 11.0. The van der Waals surface area contributed by atoms with E-state index in [2.05, 4.69) is 4.98 Å². The number of carbonyl (C=O) groups excluding carboxylic acids is 2. The summed E-state index contributed by atoms with van der Waals surface area (Å²) in [7, 11) is 0. The van der Waals surface area contributed by atoms with Crippen molar-refractivity contribution >= 4 is 28.7 Å². The Morgan fingerprint density at radius 1 is 1.33 bits per heavy atom. The van der Waals surface area contributed by atoms with E-state index in [4.69, 9.17) is 0 Å². The molecule has 1 aromatic carbocycles. The second kappa shape index (κ2) is 3.99. The summed E-state index contributed by atoms with van der Waals surface area (Å²) < 4.78 is 13.2. The molecule has 0 atom stereocenters. The van der Waals surface area contributed by atoms with E-state index in [1.165, 1.54) is 34.4 Å². The van der Waals surface area contributed by atoms with Crippen LogP contribution < -0.4 is 4.90 Å². The van der Waals surface area contributed by atoms with Gasteiger partial charge in [-0.15, -0.1) is 11.3 Å². The van der Waals surface area contributed by atoms with Crippen LogP contribution in [0, 0.1) is 5.82 Å². The SMILES string of the molecule is O=C1C(=O)N(Cc2cncs2)c2cc(F)ccc21. The Bertz CT molecular complexity index is 640. The minimum absolute atomic E-state index is 0.242. The van der Waals surface area contributed by atoms with Crippen molar-refractivity contribution in [2.45, 2.75) is 6.54 Å². The van der Waals surface area contributed by atoms with E-state index in [9.17, 15) is 14.0 Å². The molecule has 1 aromatic heterocycles. The minimum Gasteiger partial charge on any atom is -0.299 e. The fourth-order valence-electron chi connectivity index (χ4n) is 1.90. The number of anilines is 1. The molecule has 2 heterocycles. The lowest BCUT2D eigenvalue weighted by molar-refractivity contribution is -0.114. The van der Waals surface area contributed by atoms with Crippen molar-refractivity contribution in [3.63, 3.8) is 0 Å². The molecule has 90 valence electrons. The van der Waals surface area contributed by atoms with Crippen LogP contribution in [0.1, 0.15) is 15.2 Å². The predicted molar refractivity (Wildman–Crippen MR) is 64.0 cm³/mol. The summed E-state index contributed by atoms with van der Waals surface area (Å²) in [6, 6.07) is 3.73. The van der Waals surface area contributed by atoms with E-state index >= 15 is 0 Å². The predicted octanol–water partition coefficient (Wildman–Crippen LogP) is 2.01. The van der Waals surface area contributed by atoms with Gasteiger partial charge in [0, 0.05) is 11.1 Å². The van der Waals surface area contributed by atoms with Gasteiger partial charge in [0.25, 0.3) is 11.7 Å². The smallest absolute Gasteiger partial charge is 0.299 e. The zero-order valence-corrected chi connectivity index (χ0v) is 9.91. The number of amides is 1. The minimum atomic E-state index is -0.621. The van der Waals surface area contributed by atoms with E-state index in [0.717, 1.165) is 4.88 Å². The maximum absolute atomic E-state index is 13.2. The number of rotatable bonds is 2. The van der Waals surface area contributed by atoms with Gasteiger partial charge < -0.3 is 0 Å². The van der Waals surface area contributed by atoms with Crippen LogP contribution in [-0.2, 0) is 11.3 Å². The Kier molecular flexibility index (Phi) is 2.45. The highest BCUT2D eigenvalue weighted by molar-refractivity contribution is 7.09. The third-order valence-electron chi connectivity index (χ3n) is 2.73. The second-order valence-corrected chi connectivity index (χ2v) is 4.82. The van der Waals surface area contributed by atoms with Gasteiger partial charge in [-0.05, 0) is 18.2 Å². The number of halogens is 1. The molecule has 1 aliphatic heterocycles. The zero-order valence-electron chi connectivity index (χ0n) is 9.09. The van der Waals surface area contributed by atoms with Gasteiger partial charge in [-0.25, -0.2) is 4.39 Å². The molecule has 0 aliphatic carbocycles. The van der Waals surface area contributed by atoms with Crippen LogP contribution in [0.25, 0.3) is 0 Å². The van der Waals surface area contributed by atoms with Crippen molar-refractivity contribution in [3.05, 3.63) is 46.2 Å². The molecule has 0 fully saturated rings. The van der Waals surface area contributed by atoms with Gasteiger partial charge in [0.15, 0.2) is 0 Å². The molecule has 1 amide bonds. The fraction of sp³-hybridized carbons (Fsp3) is 0.0833. The number of carbonyl (C=O) groups is 2. The van der Waals surface area contributed by atoms with Gasteiger partial charge in [-0.2, -0.15) is 0 Å². The summed E-state index contributed by atoms with van der Waals surface area (Å²) in [5.41, 5.74) is 2.23. The fourth-order valence-corrected chi connectivity index (χ4v) is 2.48. The molecular weight excluding hydrogens is 255 g/mol. The van der Waals surface area contributed by atoms with Gasteiger partial charge in [0.1, 0.15) is 5.82 Å². The molecule has 0 saturated carbocycles. The molecule has 0 radical (unpaired) electrons. The van der Waals surface area contributed by atoms with E-state index in [0.29, 0.717) is 5.69 Å². The maximum Gasteiger partial charge on any atom is 0.299 e. The molecule has 1 aliphatic rings. The van der Waals surface area contributed by atoms with Crippen molar-refractivity contribution in [1.29, 1.82) is 0 Å². The molecule has 0 saturated heterocycles. The number of thiazole rings is 1. The van der Waals surface area contributed by atoms with Crippen molar-refractivity contribution in [3.8, 4) is 0 Å². The Morgan fingerprint density at radius 2 is 2.17 bits per heavy atom. The van der Waals surface area contributed by atoms with Gasteiger partial charge in [-0.3, -0.25) is 19.5 Å². The van der Waals surface area contributed by atoms with Crippen LogP contribution in [0.4, 0.5) is 10.1 Å². The van der Waals surface area contributed by atoms with Crippen LogP contribution in [0.3, 0.4) is 0 Å². The topological polar surface area (TPSA) is 50.3 Å². The molecule has 18 heavy (non-hydrogen) atoms. The maximum atomic E-state index is 13.2. The summed E-state index contributed by atoms with van der Waals surface area (Å²) in [5, 5.41) is 0. The largest absolute Gasteiger partial charge is 0.299 e. The number of Topliss-reactive ketones (excluding diaryl/α,β-unsaturated/α-hetero) is 1. The van der Waals surface area contributed by atoms with Crippen molar-refractivity contribution in [2.75, 3.05) is 4.90 Å². The van der Waals surface area contributed by atoms with Gasteiger partial charge in [0.2, 0.25) is 0 Å². The number of hydrogen-bond donors (Lipinski definition) is 0. The summed E-state index contributed by atoms with van der Waals surface area (Å²) in [5.74, 6) is -1.68. The Morgan fingerprint density at radius 3 is 2.89 bits per heavy atom. The Balaban J connectivity index is 2.03. The van der Waals surface area contributed by atoms with Gasteiger partial charge in [-0.1, -0.05) is 0 Å². The lowest BCUT2D eigenvalue weighted by atomic mass is 10.1. The monoisotopic (exact) mass is 262 g/mol. The molecule has 6 heteroatoms. The molecule has 2 aromatic rings. The van der Waals surface area contributed by atoms with Crippen LogP contribution in [0.5, 0.6) is 0 Å². The van der Waals surface area contributed by atoms with Crippen LogP contribution >= 0.6 is 11.3 Å². The molecule has 0 spiro atoms. The van der Waals surface area contributed by atoms with E-state index in [1.807, 2.05) is 0 Å². The lowest BCUT2D eigenvalue weighted by Gasteiger charge is -2.14. The average Bonchev–Trinajstić information content (AvgIpc) is 2.93. The first-order valence-corrected chi connectivity index (χ1v) is 6.08. The van der Waals surface area contributed by atoms with Crippen LogP contribution in [0.15, 0.2) is 29.9 Å². The Hall–Kier alpha value is -2.08. The lowest BCUT2D eigenvalue weighted by Crippen LogP contribution is -2.28. The van der Waals surface area contributed by atoms with Crippen molar-refractivity contribution < 1.29 is 14.0 Å². The van der Waals surface area contributed by atoms with Gasteiger partial charge >= 0.3 is 0 Å². The normalized spacial score (nSPS) is 14.2. The molecule has 3 rings (SSSR count). The zero-order chi connectivity index (χ0) is 12.7. The van der Waals surface area contributed by atoms with Gasteiger partial charge in [0.05, 0.1) is 23.3 Å². The highest BCUT2D eigenvalue weighted by atomic mass is 32.1. The summed E-state index contributed by atoms with van der Waals surface area (Å²) in [4.78, 5) is 29.6. The van der Waals surface area contributed by atoms with Crippen LogP contribution in [-0.4, -0.2) is 16.7 Å². The number of hydrogen-bond acceptors (Lipinski definition) is 4. The van der Waals surface area contributed by atoms with E-state index in [1.54, 1.807) is 11.7 Å². The summed E-state index contributed by atoms with van der Waals surface area (Å²) in [6.07, 6.45) is 1.62. The number of aromatic nitrogens is 1. The van der Waals surface area contributed by atoms with E-state index in [-0.39, 0.29) is 12.1 Å². The third kappa shape index (κ3) is 1.62. The summed E-state index contributed by atoms with van der Waals surface area (Å²) >= 11 is 1.38. The summed E-state index contributed by atoms with van der Waals surface area (Å²) in [6.45, 7) is 0.242. The first-order chi connectivity index (χ1) is 8.66. The molecule has 0 unspecified atom stereocenters. The average molecular weight is 262 g/mol. The first-order valence-electron chi connectivity index (χ1n) is 5.20. The highest BCUT2D eigenvalue weighted by Gasteiger charge is 2.36. The van der Waals surface area contributed by atoms with Crippen molar-refractivity contribution in [1.82, 2.24) is 4.98 Å². The number of ketones is 1. The quantitative estimate of drug-likeness (QED) is 0.778.